The van der Waals surface area contributed by atoms with E-state index >= 15 is 0 Å². The van der Waals surface area contributed by atoms with Crippen molar-refractivity contribution >= 4 is 17.6 Å². The Morgan fingerprint density at radius 3 is 2.56 bits per heavy atom. The maximum Gasteiger partial charge on any atom is 0.255 e. The lowest BCUT2D eigenvalue weighted by Crippen LogP contribution is -2.49. The molecule has 168 valence electrons. The lowest BCUT2D eigenvalue weighted by Gasteiger charge is -2.36. The maximum absolute atomic E-state index is 13.0. The van der Waals surface area contributed by atoms with Crippen molar-refractivity contribution in [2.24, 2.45) is 5.92 Å². The quantitative estimate of drug-likeness (QED) is 0.738. The highest BCUT2D eigenvalue weighted by molar-refractivity contribution is 5.94. The zero-order chi connectivity index (χ0) is 22.2. The van der Waals surface area contributed by atoms with Crippen LogP contribution in [-0.4, -0.2) is 71.1 Å². The van der Waals surface area contributed by atoms with Crippen LogP contribution in [-0.2, 0) is 4.79 Å². The molecule has 8 nitrogen and oxygen atoms in total. The van der Waals surface area contributed by atoms with Gasteiger partial charge in [0, 0.05) is 57.6 Å². The summed E-state index contributed by atoms with van der Waals surface area (Å²) in [6.45, 7) is 5.23. The van der Waals surface area contributed by atoms with Crippen LogP contribution in [0.3, 0.4) is 0 Å². The summed E-state index contributed by atoms with van der Waals surface area (Å²) in [5.74, 6) is 0.894. The Balaban J connectivity index is 1.21. The van der Waals surface area contributed by atoms with Gasteiger partial charge in [0.15, 0.2) is 0 Å². The Morgan fingerprint density at radius 2 is 1.94 bits per heavy atom. The number of nitrogens with zero attached hydrogens (tertiary/aromatic N) is 4. The molecule has 32 heavy (non-hydrogen) atoms. The van der Waals surface area contributed by atoms with E-state index in [9.17, 15) is 14.7 Å². The molecule has 3 fully saturated rings. The number of carbonyl (C=O) groups is 2. The Morgan fingerprint density at radius 1 is 1.16 bits per heavy atom. The standard InChI is InChI=1S/C24H29N5O3/c1-15-10-18(16-2-3-16)12-26-22(15)28-6-8-29(9-7-28)24(32)17-4-5-20(25-11-17)21-19(14-30)13-27-23(21)31/h4-5,10-12,16,19,21,30H,2-3,6-9,13-14H2,1H3,(H,27,31)/t19?,21-/m1/s1. The van der Waals surface area contributed by atoms with Crippen molar-refractivity contribution in [3.63, 3.8) is 0 Å². The van der Waals surface area contributed by atoms with Crippen molar-refractivity contribution < 1.29 is 14.7 Å². The molecule has 3 aliphatic rings. The first-order chi connectivity index (χ1) is 15.5. The number of hydrogen-bond donors (Lipinski definition) is 2. The highest BCUT2D eigenvalue weighted by Gasteiger charge is 2.36. The molecular weight excluding hydrogens is 406 g/mol. The molecule has 0 radical (unpaired) electrons. The van der Waals surface area contributed by atoms with E-state index in [0.717, 1.165) is 18.9 Å². The van der Waals surface area contributed by atoms with Crippen molar-refractivity contribution in [2.75, 3.05) is 44.2 Å². The molecule has 8 heteroatoms. The lowest BCUT2D eigenvalue weighted by molar-refractivity contribution is -0.120. The fraction of sp³-hybridized carbons (Fsp3) is 0.500. The summed E-state index contributed by atoms with van der Waals surface area (Å²) in [6.07, 6.45) is 6.10. The molecule has 2 saturated heterocycles. The van der Waals surface area contributed by atoms with Crippen LogP contribution in [0.15, 0.2) is 30.6 Å². The van der Waals surface area contributed by atoms with E-state index in [-0.39, 0.29) is 24.3 Å². The summed E-state index contributed by atoms with van der Waals surface area (Å²) in [5, 5.41) is 12.3. The van der Waals surface area contributed by atoms with E-state index < -0.39 is 5.92 Å². The van der Waals surface area contributed by atoms with E-state index in [4.69, 9.17) is 4.98 Å². The van der Waals surface area contributed by atoms with Crippen LogP contribution in [0.5, 0.6) is 0 Å². The third kappa shape index (κ3) is 3.95. The van der Waals surface area contributed by atoms with Gasteiger partial charge in [-0.2, -0.15) is 0 Å². The van der Waals surface area contributed by atoms with Gasteiger partial charge in [-0.15, -0.1) is 0 Å². The van der Waals surface area contributed by atoms with Crippen molar-refractivity contribution in [2.45, 2.75) is 31.6 Å². The molecule has 2 aromatic heterocycles. The van der Waals surface area contributed by atoms with Gasteiger partial charge in [0.05, 0.1) is 17.2 Å². The Labute approximate surface area is 187 Å². The monoisotopic (exact) mass is 435 g/mol. The molecule has 0 bridgehead atoms. The number of aliphatic hydroxyl groups is 1. The number of rotatable bonds is 5. The normalized spacial score (nSPS) is 23.4. The van der Waals surface area contributed by atoms with E-state index in [1.807, 2.05) is 11.1 Å². The molecule has 4 heterocycles. The van der Waals surface area contributed by atoms with Gasteiger partial charge in [0.2, 0.25) is 5.91 Å². The van der Waals surface area contributed by atoms with Crippen molar-refractivity contribution in [3.8, 4) is 0 Å². The number of aryl methyl sites for hydroxylation is 1. The number of aliphatic hydroxyl groups excluding tert-OH is 1. The van der Waals surface area contributed by atoms with Gasteiger partial charge in [-0.05, 0) is 48.9 Å². The van der Waals surface area contributed by atoms with E-state index in [1.54, 1.807) is 18.3 Å². The number of carbonyl (C=O) groups excluding carboxylic acids is 2. The van der Waals surface area contributed by atoms with Crippen LogP contribution < -0.4 is 10.2 Å². The number of pyridine rings is 2. The number of nitrogens with one attached hydrogen (secondary N) is 1. The molecule has 2 amide bonds. The Hall–Kier alpha value is -3.00. The number of amides is 2. The minimum absolute atomic E-state index is 0.0490. The molecule has 2 atom stereocenters. The van der Waals surface area contributed by atoms with Crippen LogP contribution in [0, 0.1) is 12.8 Å². The molecule has 0 aromatic carbocycles. The second-order valence-corrected chi connectivity index (χ2v) is 9.10. The predicted octanol–water partition coefficient (Wildman–Crippen LogP) is 1.45. The van der Waals surface area contributed by atoms with Gasteiger partial charge in [0.25, 0.3) is 5.91 Å². The highest BCUT2D eigenvalue weighted by Crippen LogP contribution is 2.40. The first kappa shape index (κ1) is 20.9. The molecule has 0 spiro atoms. The summed E-state index contributed by atoms with van der Waals surface area (Å²) in [7, 11) is 0. The summed E-state index contributed by atoms with van der Waals surface area (Å²) in [5.41, 5.74) is 3.66. The van der Waals surface area contributed by atoms with Crippen molar-refractivity contribution in [3.05, 3.63) is 53.0 Å². The second kappa shape index (κ2) is 8.50. The number of anilines is 1. The summed E-state index contributed by atoms with van der Waals surface area (Å²) >= 11 is 0. The second-order valence-electron chi connectivity index (χ2n) is 9.10. The molecule has 1 unspecified atom stereocenters. The van der Waals surface area contributed by atoms with Crippen LogP contribution in [0.1, 0.15) is 51.9 Å². The third-order valence-electron chi connectivity index (χ3n) is 6.87. The fourth-order valence-electron chi connectivity index (χ4n) is 4.80. The molecule has 1 aliphatic carbocycles. The van der Waals surface area contributed by atoms with E-state index in [0.29, 0.717) is 36.8 Å². The molecule has 5 rings (SSSR count). The summed E-state index contributed by atoms with van der Waals surface area (Å²) in [4.78, 5) is 38.3. The average molecular weight is 436 g/mol. The van der Waals surface area contributed by atoms with Crippen LogP contribution in [0.4, 0.5) is 5.82 Å². The van der Waals surface area contributed by atoms with Crippen molar-refractivity contribution in [1.82, 2.24) is 20.2 Å². The summed E-state index contributed by atoms with van der Waals surface area (Å²) in [6, 6.07) is 5.73. The zero-order valence-corrected chi connectivity index (χ0v) is 18.3. The Bertz CT molecular complexity index is 1010. The smallest absolute Gasteiger partial charge is 0.255 e. The maximum atomic E-state index is 13.0. The van der Waals surface area contributed by atoms with Gasteiger partial charge in [-0.3, -0.25) is 14.6 Å². The number of hydrogen-bond acceptors (Lipinski definition) is 6. The highest BCUT2D eigenvalue weighted by atomic mass is 16.3. The Kier molecular flexibility index (Phi) is 5.55. The molecule has 1 saturated carbocycles. The van der Waals surface area contributed by atoms with Gasteiger partial charge >= 0.3 is 0 Å². The minimum atomic E-state index is -0.463. The van der Waals surface area contributed by atoms with E-state index in [2.05, 4.69) is 28.2 Å². The van der Waals surface area contributed by atoms with Gasteiger partial charge in [-0.25, -0.2) is 4.98 Å². The van der Waals surface area contributed by atoms with E-state index in [1.165, 1.54) is 24.0 Å². The summed E-state index contributed by atoms with van der Waals surface area (Å²) < 4.78 is 0. The van der Waals surface area contributed by atoms with Crippen LogP contribution in [0.2, 0.25) is 0 Å². The average Bonchev–Trinajstić information content (AvgIpc) is 3.61. The number of aromatic nitrogens is 2. The van der Waals surface area contributed by atoms with Crippen LogP contribution >= 0.6 is 0 Å². The first-order valence-electron chi connectivity index (χ1n) is 11.4. The zero-order valence-electron chi connectivity index (χ0n) is 18.3. The predicted molar refractivity (Wildman–Crippen MR) is 120 cm³/mol. The largest absolute Gasteiger partial charge is 0.396 e. The fourth-order valence-corrected chi connectivity index (χ4v) is 4.80. The SMILES string of the molecule is Cc1cc(C2CC2)cnc1N1CCN(C(=O)c2ccc([C@@H]3C(=O)NCC3CO)nc2)CC1. The first-order valence-corrected chi connectivity index (χ1v) is 11.4. The topological polar surface area (TPSA) is 98.7 Å². The van der Waals surface area contributed by atoms with Gasteiger partial charge in [0.1, 0.15) is 5.82 Å². The number of piperazine rings is 1. The van der Waals surface area contributed by atoms with Crippen molar-refractivity contribution in [1.29, 1.82) is 0 Å². The molecular formula is C24H29N5O3. The van der Waals surface area contributed by atoms with Crippen LogP contribution in [0.25, 0.3) is 0 Å². The third-order valence-corrected chi connectivity index (χ3v) is 6.87. The minimum Gasteiger partial charge on any atom is -0.396 e. The van der Waals surface area contributed by atoms with Gasteiger partial charge < -0.3 is 20.2 Å². The molecule has 2 aliphatic heterocycles. The molecule has 2 N–H and O–H groups in total. The molecule has 2 aromatic rings. The van der Waals surface area contributed by atoms with Gasteiger partial charge in [-0.1, -0.05) is 6.07 Å². The lowest BCUT2D eigenvalue weighted by atomic mass is 9.92.